The topological polar surface area (TPSA) is 29.4 Å². The predicted octanol–water partition coefficient (Wildman–Crippen LogP) is 5.47. The normalized spacial score (nSPS) is 11.4. The summed E-state index contributed by atoms with van der Waals surface area (Å²) >= 11 is 1.60. The number of rotatable bonds is 5. The number of carbonyl (C=O) groups is 1. The summed E-state index contributed by atoms with van der Waals surface area (Å²) in [6.45, 7) is 0. The van der Waals surface area contributed by atoms with Crippen molar-refractivity contribution in [1.29, 1.82) is 0 Å². The minimum Gasteiger partial charge on any atom is -0.268 e. The molecule has 0 aliphatic carbocycles. The zero-order valence-corrected chi connectivity index (χ0v) is 17.5. The summed E-state index contributed by atoms with van der Waals surface area (Å²) in [5.41, 5.74) is 0. The number of thiophene rings is 1. The van der Waals surface area contributed by atoms with Crippen molar-refractivity contribution in [3.63, 3.8) is 0 Å². The second kappa shape index (κ2) is 9.00. The largest absolute Gasteiger partial charge is 0.269 e. The average Bonchev–Trinajstić information content (AvgIpc) is 3.32. The van der Waals surface area contributed by atoms with Crippen molar-refractivity contribution in [2.75, 3.05) is 0 Å². The summed E-state index contributed by atoms with van der Waals surface area (Å²) in [4.78, 5) is 14.1. The van der Waals surface area contributed by atoms with Crippen LogP contribution in [0.3, 0.4) is 0 Å². The molecular weight excluding hydrogens is 393 g/mol. The molecule has 1 aromatic heterocycles. The monoisotopic (exact) mass is 413 g/mol. The molecule has 0 saturated carbocycles. The second-order valence-electron chi connectivity index (χ2n) is 6.43. The Labute approximate surface area is 175 Å². The maximum atomic E-state index is 13.1. The summed E-state index contributed by atoms with van der Waals surface area (Å²) in [6, 6.07) is 34.5. The lowest BCUT2D eigenvalue weighted by Gasteiger charge is -2.26. The number of nitrogens with zero attached hydrogens (tertiary/aromatic N) is 1. The summed E-state index contributed by atoms with van der Waals surface area (Å²) in [7, 11) is -2.49. The third-order valence-corrected chi connectivity index (χ3v) is 9.04. The van der Waals surface area contributed by atoms with Crippen molar-refractivity contribution < 1.29 is 4.79 Å². The van der Waals surface area contributed by atoms with E-state index < -0.39 is 7.05 Å². The third-order valence-electron chi connectivity index (χ3n) is 4.57. The first-order valence-electron chi connectivity index (χ1n) is 9.34. The molecule has 3 aromatic carbocycles. The Balaban J connectivity index is 1.96. The molecule has 0 atom stereocenters. The van der Waals surface area contributed by atoms with Gasteiger partial charge < -0.3 is 0 Å². The molecule has 0 bridgehead atoms. The predicted molar refractivity (Wildman–Crippen MR) is 126 cm³/mol. The summed E-state index contributed by atoms with van der Waals surface area (Å²) < 4.78 is 4.91. The molecule has 0 N–H and O–H groups in total. The highest BCUT2D eigenvalue weighted by Gasteiger charge is 2.28. The van der Waals surface area contributed by atoms with Crippen molar-refractivity contribution in [3.05, 3.63) is 119 Å². The Bertz CT molecular complexity index is 1050. The van der Waals surface area contributed by atoms with Crippen molar-refractivity contribution in [2.45, 2.75) is 0 Å². The van der Waals surface area contributed by atoms with Gasteiger partial charge in [0, 0.05) is 26.9 Å². The number of carbonyl (C=O) groups excluding carboxylic acids is 1. The van der Waals surface area contributed by atoms with Gasteiger partial charge in [-0.15, -0.1) is 11.3 Å². The fraction of sp³-hybridized carbons (Fsp3) is 0. The van der Waals surface area contributed by atoms with Crippen LogP contribution in [0.25, 0.3) is 6.08 Å². The molecule has 4 heteroatoms. The molecule has 0 saturated heterocycles. The van der Waals surface area contributed by atoms with Gasteiger partial charge in [-0.3, -0.25) is 4.79 Å². The van der Waals surface area contributed by atoms with Gasteiger partial charge in [0.15, 0.2) is 0 Å². The van der Waals surface area contributed by atoms with E-state index in [0.29, 0.717) is 0 Å². The highest BCUT2D eigenvalue weighted by Crippen LogP contribution is 2.46. The van der Waals surface area contributed by atoms with Gasteiger partial charge in [-0.25, -0.2) is 4.74 Å². The van der Waals surface area contributed by atoms with Crippen molar-refractivity contribution in [3.8, 4) is 0 Å². The van der Waals surface area contributed by atoms with Crippen molar-refractivity contribution in [2.24, 2.45) is 4.74 Å². The maximum absolute atomic E-state index is 13.1. The van der Waals surface area contributed by atoms with Gasteiger partial charge in [0.2, 0.25) is 0 Å². The van der Waals surface area contributed by atoms with Crippen LogP contribution in [0.4, 0.5) is 0 Å². The molecular formula is C25H20NOPS. The molecule has 1 heterocycles. The first-order chi connectivity index (χ1) is 14.3. The van der Waals surface area contributed by atoms with Gasteiger partial charge >= 0.3 is 0 Å². The Hall–Kier alpha value is -3.00. The highest BCUT2D eigenvalue weighted by atomic mass is 32.1. The van der Waals surface area contributed by atoms with Crippen LogP contribution < -0.4 is 15.9 Å². The second-order valence-corrected chi connectivity index (χ2v) is 10.4. The fourth-order valence-electron chi connectivity index (χ4n) is 3.27. The van der Waals surface area contributed by atoms with Gasteiger partial charge in [-0.05, 0) is 17.5 Å². The molecule has 4 aromatic rings. The van der Waals surface area contributed by atoms with E-state index in [0.717, 1.165) is 20.8 Å². The molecule has 29 heavy (non-hydrogen) atoms. The van der Waals surface area contributed by atoms with Crippen LogP contribution in [0, 0.1) is 0 Å². The SMILES string of the molecule is O=C(/C=C/c1cccs1)N=P(c1ccccc1)(c1ccccc1)c1ccccc1. The Morgan fingerprint density at radius 2 is 1.17 bits per heavy atom. The van der Waals surface area contributed by atoms with E-state index in [4.69, 9.17) is 4.74 Å². The zero-order valence-electron chi connectivity index (χ0n) is 15.8. The standard InChI is InChI=1S/C25H20NOPS/c27-25(19-18-24-17-10-20-29-24)26-28(21-11-4-1-5-12-21,22-13-6-2-7-14-22)23-15-8-3-9-16-23/h1-20H/b19-18+. The summed E-state index contributed by atoms with van der Waals surface area (Å²) in [5.74, 6) is -0.219. The van der Waals surface area contributed by atoms with E-state index in [9.17, 15) is 4.79 Å². The molecule has 4 rings (SSSR count). The van der Waals surface area contributed by atoms with E-state index >= 15 is 0 Å². The number of hydrogen-bond acceptors (Lipinski definition) is 2. The molecule has 2 nitrogen and oxygen atoms in total. The Morgan fingerprint density at radius 1 is 0.690 bits per heavy atom. The zero-order chi connectivity index (χ0) is 19.9. The van der Waals surface area contributed by atoms with Crippen LogP contribution in [-0.4, -0.2) is 5.91 Å². The van der Waals surface area contributed by atoms with Gasteiger partial charge in [-0.2, -0.15) is 0 Å². The number of benzene rings is 3. The highest BCUT2D eigenvalue weighted by molar-refractivity contribution is 7.87. The van der Waals surface area contributed by atoms with Crippen LogP contribution >= 0.6 is 18.4 Å². The molecule has 0 radical (unpaired) electrons. The lowest BCUT2D eigenvalue weighted by molar-refractivity contribution is -0.113. The van der Waals surface area contributed by atoms with Crippen LogP contribution in [0.2, 0.25) is 0 Å². The molecule has 0 unspecified atom stereocenters. The van der Waals surface area contributed by atoms with E-state index in [1.165, 1.54) is 0 Å². The van der Waals surface area contributed by atoms with Crippen LogP contribution in [-0.2, 0) is 4.79 Å². The quantitative estimate of drug-likeness (QED) is 0.315. The summed E-state index contributed by atoms with van der Waals surface area (Å²) in [6.07, 6.45) is 3.42. The Kier molecular flexibility index (Phi) is 6.00. The average molecular weight is 413 g/mol. The maximum Gasteiger partial charge on any atom is 0.269 e. The molecule has 0 fully saturated rings. The molecule has 142 valence electrons. The minimum atomic E-state index is -2.49. The smallest absolute Gasteiger partial charge is 0.268 e. The molecule has 0 aliphatic rings. The van der Waals surface area contributed by atoms with Gasteiger partial charge in [0.1, 0.15) is 0 Å². The number of hydrogen-bond donors (Lipinski definition) is 0. The van der Waals surface area contributed by atoms with E-state index in [1.54, 1.807) is 17.4 Å². The van der Waals surface area contributed by atoms with Crippen molar-refractivity contribution in [1.82, 2.24) is 0 Å². The van der Waals surface area contributed by atoms with E-state index in [-0.39, 0.29) is 5.91 Å². The molecule has 0 spiro atoms. The lowest BCUT2D eigenvalue weighted by Crippen LogP contribution is -2.26. The lowest BCUT2D eigenvalue weighted by atomic mass is 10.4. The summed E-state index contributed by atoms with van der Waals surface area (Å²) in [5, 5.41) is 5.19. The van der Waals surface area contributed by atoms with Crippen LogP contribution in [0.1, 0.15) is 4.88 Å². The first kappa shape index (κ1) is 19.3. The van der Waals surface area contributed by atoms with E-state index in [2.05, 4.69) is 36.4 Å². The van der Waals surface area contributed by atoms with Crippen molar-refractivity contribution >= 4 is 46.3 Å². The van der Waals surface area contributed by atoms with Gasteiger partial charge in [-0.1, -0.05) is 97.1 Å². The molecule has 0 aliphatic heterocycles. The Morgan fingerprint density at radius 3 is 1.59 bits per heavy atom. The third kappa shape index (κ3) is 4.22. The van der Waals surface area contributed by atoms with E-state index in [1.807, 2.05) is 78.2 Å². The van der Waals surface area contributed by atoms with Gasteiger partial charge in [0.05, 0.1) is 7.05 Å². The minimum absolute atomic E-state index is 0.219. The molecule has 1 amide bonds. The first-order valence-corrected chi connectivity index (χ1v) is 12.0. The van der Waals surface area contributed by atoms with Gasteiger partial charge in [0.25, 0.3) is 5.91 Å². The fourth-order valence-corrected chi connectivity index (χ4v) is 7.30. The van der Waals surface area contributed by atoms with Crippen LogP contribution in [0.15, 0.2) is 119 Å². The number of amides is 1. The van der Waals surface area contributed by atoms with Crippen LogP contribution in [0.5, 0.6) is 0 Å².